The summed E-state index contributed by atoms with van der Waals surface area (Å²) in [5.41, 5.74) is 3.36. The maximum atomic E-state index is 6.32. The van der Waals surface area contributed by atoms with Crippen molar-refractivity contribution in [1.29, 1.82) is 0 Å². The molecule has 21 heavy (non-hydrogen) atoms. The number of furan rings is 1. The molecule has 0 radical (unpaired) electrons. The molecule has 1 aromatic heterocycles. The summed E-state index contributed by atoms with van der Waals surface area (Å²) in [4.78, 5) is 0. The first-order valence-corrected chi connectivity index (χ1v) is 7.39. The molecule has 0 fully saturated rings. The van der Waals surface area contributed by atoms with E-state index in [0.29, 0.717) is 0 Å². The molecule has 0 unspecified atom stereocenters. The van der Waals surface area contributed by atoms with Crippen molar-refractivity contribution in [1.82, 2.24) is 0 Å². The standard InChI is InChI=1S/C20H18O/c1-20(2,3)17-10-6-9-15-16-12-11-13-7-4-5-8-14(13)18(16)21-19(15)17/h4-12H,1-3H3. The lowest BCUT2D eigenvalue weighted by Gasteiger charge is -2.18. The fraction of sp³-hybridized carbons (Fsp3) is 0.200. The Morgan fingerprint density at radius 1 is 0.667 bits per heavy atom. The first kappa shape index (κ1) is 12.5. The highest BCUT2D eigenvalue weighted by Gasteiger charge is 2.20. The van der Waals surface area contributed by atoms with Gasteiger partial charge in [0.05, 0.1) is 0 Å². The highest BCUT2D eigenvalue weighted by atomic mass is 16.3. The second-order valence-corrected chi connectivity index (χ2v) is 6.70. The Kier molecular flexibility index (Phi) is 2.44. The van der Waals surface area contributed by atoms with Crippen LogP contribution in [0.1, 0.15) is 26.3 Å². The number of hydrogen-bond acceptors (Lipinski definition) is 1. The van der Waals surface area contributed by atoms with E-state index in [-0.39, 0.29) is 5.41 Å². The van der Waals surface area contributed by atoms with Crippen molar-refractivity contribution in [2.45, 2.75) is 26.2 Å². The van der Waals surface area contributed by atoms with Crippen LogP contribution in [0.2, 0.25) is 0 Å². The van der Waals surface area contributed by atoms with Crippen LogP contribution in [-0.4, -0.2) is 0 Å². The second-order valence-electron chi connectivity index (χ2n) is 6.70. The van der Waals surface area contributed by atoms with Crippen molar-refractivity contribution in [3.05, 3.63) is 60.2 Å². The van der Waals surface area contributed by atoms with Crippen molar-refractivity contribution in [3.8, 4) is 0 Å². The maximum Gasteiger partial charge on any atom is 0.143 e. The normalized spacial score (nSPS) is 12.5. The number of hydrogen-bond donors (Lipinski definition) is 0. The summed E-state index contributed by atoms with van der Waals surface area (Å²) in [6.45, 7) is 6.69. The molecule has 1 heteroatoms. The average molecular weight is 274 g/mol. The van der Waals surface area contributed by atoms with E-state index in [9.17, 15) is 0 Å². The minimum absolute atomic E-state index is 0.0726. The number of fused-ring (bicyclic) bond motifs is 5. The average Bonchev–Trinajstić information content (AvgIpc) is 2.85. The second kappa shape index (κ2) is 4.11. The summed E-state index contributed by atoms with van der Waals surface area (Å²) in [6, 6.07) is 19.2. The minimum atomic E-state index is 0.0726. The zero-order chi connectivity index (χ0) is 14.6. The van der Waals surface area contributed by atoms with Crippen molar-refractivity contribution in [2.75, 3.05) is 0 Å². The summed E-state index contributed by atoms with van der Waals surface area (Å²) < 4.78 is 6.32. The van der Waals surface area contributed by atoms with Crippen molar-refractivity contribution < 1.29 is 4.42 Å². The molecule has 0 saturated carbocycles. The molecular formula is C20H18O. The molecule has 0 aliphatic carbocycles. The van der Waals surface area contributed by atoms with Gasteiger partial charge in [-0.05, 0) is 16.9 Å². The van der Waals surface area contributed by atoms with E-state index < -0.39 is 0 Å². The van der Waals surface area contributed by atoms with Gasteiger partial charge < -0.3 is 4.42 Å². The van der Waals surface area contributed by atoms with Gasteiger partial charge in [0.25, 0.3) is 0 Å². The molecule has 0 spiro atoms. The molecule has 0 aliphatic heterocycles. The van der Waals surface area contributed by atoms with Gasteiger partial charge in [-0.15, -0.1) is 0 Å². The summed E-state index contributed by atoms with van der Waals surface area (Å²) in [6.07, 6.45) is 0. The molecule has 3 aromatic carbocycles. The van der Waals surface area contributed by atoms with Crippen molar-refractivity contribution >= 4 is 32.7 Å². The Bertz CT molecular complexity index is 968. The molecule has 0 N–H and O–H groups in total. The van der Waals surface area contributed by atoms with Gasteiger partial charge in [-0.2, -0.15) is 0 Å². The molecule has 4 aromatic rings. The SMILES string of the molecule is CC(C)(C)c1cccc2c1oc1c3ccccc3ccc21. The first-order valence-electron chi connectivity index (χ1n) is 7.39. The van der Waals surface area contributed by atoms with Gasteiger partial charge in [-0.1, -0.05) is 69.3 Å². The number of benzene rings is 3. The van der Waals surface area contributed by atoms with Gasteiger partial charge >= 0.3 is 0 Å². The van der Waals surface area contributed by atoms with Crippen LogP contribution in [0.5, 0.6) is 0 Å². The predicted molar refractivity (Wildman–Crippen MR) is 89.9 cm³/mol. The van der Waals surface area contributed by atoms with Crippen LogP contribution in [0.4, 0.5) is 0 Å². The minimum Gasteiger partial charge on any atom is -0.455 e. The van der Waals surface area contributed by atoms with E-state index in [0.717, 1.165) is 11.2 Å². The maximum absolute atomic E-state index is 6.32. The quantitative estimate of drug-likeness (QED) is 0.381. The van der Waals surface area contributed by atoms with Crippen molar-refractivity contribution in [2.24, 2.45) is 0 Å². The molecule has 1 heterocycles. The van der Waals surface area contributed by atoms with E-state index in [2.05, 4.69) is 75.4 Å². The molecule has 0 aliphatic rings. The zero-order valence-corrected chi connectivity index (χ0v) is 12.6. The Morgan fingerprint density at radius 3 is 2.19 bits per heavy atom. The van der Waals surface area contributed by atoms with Gasteiger partial charge in [0.15, 0.2) is 0 Å². The van der Waals surface area contributed by atoms with Crippen LogP contribution in [0.15, 0.2) is 59.0 Å². The van der Waals surface area contributed by atoms with Crippen molar-refractivity contribution in [3.63, 3.8) is 0 Å². The smallest absolute Gasteiger partial charge is 0.143 e. The molecule has 0 bridgehead atoms. The Morgan fingerprint density at radius 2 is 1.38 bits per heavy atom. The van der Waals surface area contributed by atoms with E-state index in [1.165, 1.54) is 27.1 Å². The summed E-state index contributed by atoms with van der Waals surface area (Å²) in [7, 11) is 0. The topological polar surface area (TPSA) is 13.1 Å². The van der Waals surface area contributed by atoms with E-state index in [1.807, 2.05) is 0 Å². The fourth-order valence-electron chi connectivity index (χ4n) is 3.12. The van der Waals surface area contributed by atoms with Crippen LogP contribution in [-0.2, 0) is 5.41 Å². The highest BCUT2D eigenvalue weighted by Crippen LogP contribution is 2.38. The van der Waals surface area contributed by atoms with Gasteiger partial charge in [-0.3, -0.25) is 0 Å². The van der Waals surface area contributed by atoms with E-state index in [1.54, 1.807) is 0 Å². The first-order chi connectivity index (χ1) is 10.1. The summed E-state index contributed by atoms with van der Waals surface area (Å²) in [5.74, 6) is 0. The van der Waals surface area contributed by atoms with E-state index >= 15 is 0 Å². The monoisotopic (exact) mass is 274 g/mol. The molecule has 0 atom stereocenters. The molecule has 0 amide bonds. The van der Waals surface area contributed by atoms with Crippen LogP contribution in [0, 0.1) is 0 Å². The van der Waals surface area contributed by atoms with Crippen LogP contribution >= 0.6 is 0 Å². The third-order valence-corrected chi connectivity index (χ3v) is 4.20. The number of rotatable bonds is 0. The van der Waals surface area contributed by atoms with Gasteiger partial charge in [0, 0.05) is 21.7 Å². The highest BCUT2D eigenvalue weighted by molar-refractivity contribution is 6.15. The van der Waals surface area contributed by atoms with Gasteiger partial charge in [-0.25, -0.2) is 0 Å². The lowest BCUT2D eigenvalue weighted by Crippen LogP contribution is -2.10. The Labute approximate surface area is 124 Å². The van der Waals surface area contributed by atoms with Crippen LogP contribution < -0.4 is 0 Å². The Balaban J connectivity index is 2.22. The zero-order valence-electron chi connectivity index (χ0n) is 12.6. The summed E-state index contributed by atoms with van der Waals surface area (Å²) >= 11 is 0. The molecule has 0 saturated heterocycles. The fourth-order valence-corrected chi connectivity index (χ4v) is 3.12. The van der Waals surface area contributed by atoms with Gasteiger partial charge in [0.1, 0.15) is 11.2 Å². The van der Waals surface area contributed by atoms with E-state index in [4.69, 9.17) is 4.42 Å². The lowest BCUT2D eigenvalue weighted by molar-refractivity contribution is 0.573. The molecular weight excluding hydrogens is 256 g/mol. The lowest BCUT2D eigenvalue weighted by atomic mass is 9.86. The van der Waals surface area contributed by atoms with Gasteiger partial charge in [0.2, 0.25) is 0 Å². The number of para-hydroxylation sites is 1. The predicted octanol–water partition coefficient (Wildman–Crippen LogP) is 6.04. The third kappa shape index (κ3) is 1.77. The molecule has 104 valence electrons. The molecule has 1 nitrogen and oxygen atoms in total. The third-order valence-electron chi connectivity index (χ3n) is 4.20. The Hall–Kier alpha value is -2.28. The van der Waals surface area contributed by atoms with Crippen LogP contribution in [0.25, 0.3) is 32.7 Å². The summed E-state index contributed by atoms with van der Waals surface area (Å²) in [5, 5.41) is 4.82. The van der Waals surface area contributed by atoms with Crippen LogP contribution in [0.3, 0.4) is 0 Å². The molecule has 4 rings (SSSR count). The largest absolute Gasteiger partial charge is 0.455 e.